The Bertz CT molecular complexity index is 699. The molecule has 0 atom stereocenters. The van der Waals surface area contributed by atoms with E-state index in [0.29, 0.717) is 17.1 Å². The molecule has 1 aromatic heterocycles. The van der Waals surface area contributed by atoms with E-state index in [1.165, 1.54) is 0 Å². The van der Waals surface area contributed by atoms with E-state index < -0.39 is 11.9 Å². The summed E-state index contributed by atoms with van der Waals surface area (Å²) in [5.74, 6) is -0.642. The minimum Gasteiger partial charge on any atom is -0.452 e. The van der Waals surface area contributed by atoms with Crippen LogP contribution >= 0.6 is 0 Å². The van der Waals surface area contributed by atoms with Gasteiger partial charge in [-0.1, -0.05) is 22.9 Å². The smallest absolute Gasteiger partial charge is 0.344 e. The predicted octanol–water partition coefficient (Wildman–Crippen LogP) is 2.70. The summed E-state index contributed by atoms with van der Waals surface area (Å²) in [4.78, 5) is 23.8. The highest BCUT2D eigenvalue weighted by atomic mass is 16.5. The first kappa shape index (κ1) is 15.8. The molecule has 22 heavy (non-hydrogen) atoms. The van der Waals surface area contributed by atoms with Crippen LogP contribution in [0.15, 0.2) is 22.7 Å². The van der Waals surface area contributed by atoms with Crippen LogP contribution in [0.25, 0.3) is 0 Å². The Kier molecular flexibility index (Phi) is 4.60. The molecule has 2 rings (SSSR count). The molecular weight excluding hydrogens is 284 g/mol. The van der Waals surface area contributed by atoms with Crippen molar-refractivity contribution in [1.29, 1.82) is 0 Å². The fourth-order valence-electron chi connectivity index (χ4n) is 2.12. The minimum atomic E-state index is -0.618. The molecular formula is C16H18N2O4. The van der Waals surface area contributed by atoms with Crippen LogP contribution in [-0.2, 0) is 9.53 Å². The fourth-order valence-corrected chi connectivity index (χ4v) is 2.12. The summed E-state index contributed by atoms with van der Waals surface area (Å²) in [6.45, 7) is 6.77. The molecule has 0 aliphatic heterocycles. The fraction of sp³-hybridized carbons (Fsp3) is 0.312. The van der Waals surface area contributed by atoms with Crippen LogP contribution in [0.1, 0.15) is 32.9 Å². The Hall–Kier alpha value is -2.63. The van der Waals surface area contributed by atoms with Crippen molar-refractivity contribution in [3.05, 3.63) is 46.3 Å². The van der Waals surface area contributed by atoms with Gasteiger partial charge in [0, 0.05) is 5.69 Å². The summed E-state index contributed by atoms with van der Waals surface area (Å²) in [6, 6.07) is 5.68. The molecule has 1 N–H and O–H groups in total. The molecule has 116 valence electrons. The van der Waals surface area contributed by atoms with Crippen molar-refractivity contribution >= 4 is 17.6 Å². The van der Waals surface area contributed by atoms with Gasteiger partial charge in [-0.2, -0.15) is 0 Å². The second-order valence-corrected chi connectivity index (χ2v) is 5.14. The number of aromatic nitrogens is 1. The highest BCUT2D eigenvalue weighted by Gasteiger charge is 2.20. The highest BCUT2D eigenvalue weighted by Crippen LogP contribution is 2.16. The first-order valence-corrected chi connectivity index (χ1v) is 6.85. The van der Waals surface area contributed by atoms with Crippen molar-refractivity contribution in [2.45, 2.75) is 27.7 Å². The van der Waals surface area contributed by atoms with E-state index in [0.717, 1.165) is 11.1 Å². The molecule has 2 aromatic rings. The van der Waals surface area contributed by atoms with Crippen molar-refractivity contribution < 1.29 is 18.8 Å². The number of ether oxygens (including phenoxy) is 1. The van der Waals surface area contributed by atoms with E-state index in [4.69, 9.17) is 9.26 Å². The molecule has 0 aliphatic carbocycles. The molecule has 0 fully saturated rings. The Morgan fingerprint density at radius 1 is 1.23 bits per heavy atom. The number of benzene rings is 1. The van der Waals surface area contributed by atoms with Crippen LogP contribution in [-0.4, -0.2) is 23.6 Å². The van der Waals surface area contributed by atoms with Crippen molar-refractivity contribution in [3.63, 3.8) is 0 Å². The van der Waals surface area contributed by atoms with Gasteiger partial charge in [-0.3, -0.25) is 4.79 Å². The normalized spacial score (nSPS) is 10.4. The van der Waals surface area contributed by atoms with Gasteiger partial charge in [0.05, 0.1) is 5.69 Å². The number of esters is 1. The summed E-state index contributed by atoms with van der Waals surface area (Å²) in [5, 5.41) is 6.39. The van der Waals surface area contributed by atoms with Gasteiger partial charge < -0.3 is 14.6 Å². The SMILES string of the molecule is Cc1ccc(NC(=O)COC(=O)c2c(C)noc2C)c(C)c1. The second-order valence-electron chi connectivity index (χ2n) is 5.14. The molecule has 0 bridgehead atoms. The first-order chi connectivity index (χ1) is 10.4. The summed E-state index contributed by atoms with van der Waals surface area (Å²) in [6.07, 6.45) is 0. The number of carbonyl (C=O) groups is 2. The zero-order valence-corrected chi connectivity index (χ0v) is 13.0. The number of hydrogen-bond acceptors (Lipinski definition) is 5. The lowest BCUT2D eigenvalue weighted by Gasteiger charge is -2.09. The largest absolute Gasteiger partial charge is 0.452 e. The van der Waals surface area contributed by atoms with Crippen molar-refractivity contribution in [1.82, 2.24) is 5.16 Å². The summed E-state index contributed by atoms with van der Waals surface area (Å²) in [5.41, 5.74) is 3.46. The topological polar surface area (TPSA) is 81.4 Å². The molecule has 0 aliphatic rings. The Labute approximate surface area is 128 Å². The van der Waals surface area contributed by atoms with Gasteiger partial charge in [-0.15, -0.1) is 0 Å². The average Bonchev–Trinajstić information content (AvgIpc) is 2.79. The van der Waals surface area contributed by atoms with E-state index >= 15 is 0 Å². The van der Waals surface area contributed by atoms with Crippen LogP contribution in [0.3, 0.4) is 0 Å². The molecule has 0 saturated heterocycles. The zero-order valence-electron chi connectivity index (χ0n) is 13.0. The lowest BCUT2D eigenvalue weighted by Crippen LogP contribution is -2.21. The Morgan fingerprint density at radius 3 is 2.55 bits per heavy atom. The van der Waals surface area contributed by atoms with E-state index in [2.05, 4.69) is 10.5 Å². The highest BCUT2D eigenvalue weighted by molar-refractivity contribution is 5.96. The molecule has 0 radical (unpaired) electrons. The van der Waals surface area contributed by atoms with Crippen molar-refractivity contribution in [2.24, 2.45) is 0 Å². The third-order valence-corrected chi connectivity index (χ3v) is 3.23. The summed E-state index contributed by atoms with van der Waals surface area (Å²) in [7, 11) is 0. The number of anilines is 1. The molecule has 0 saturated carbocycles. The van der Waals surface area contributed by atoms with Gasteiger partial charge in [0.25, 0.3) is 5.91 Å². The maximum Gasteiger partial charge on any atom is 0.344 e. The number of hydrogen-bond donors (Lipinski definition) is 1. The maximum absolute atomic E-state index is 11.9. The van der Waals surface area contributed by atoms with Crippen LogP contribution in [0.2, 0.25) is 0 Å². The number of rotatable bonds is 4. The quantitative estimate of drug-likeness (QED) is 0.878. The van der Waals surface area contributed by atoms with E-state index in [1.54, 1.807) is 13.8 Å². The molecule has 6 heteroatoms. The molecule has 6 nitrogen and oxygen atoms in total. The van der Waals surface area contributed by atoms with Gasteiger partial charge in [-0.05, 0) is 39.3 Å². The third-order valence-electron chi connectivity index (χ3n) is 3.23. The minimum absolute atomic E-state index is 0.263. The summed E-state index contributed by atoms with van der Waals surface area (Å²) < 4.78 is 9.89. The molecule has 0 unspecified atom stereocenters. The number of nitrogens with one attached hydrogen (secondary N) is 1. The van der Waals surface area contributed by atoms with Crippen molar-refractivity contribution in [2.75, 3.05) is 11.9 Å². The van der Waals surface area contributed by atoms with Gasteiger partial charge in [0.15, 0.2) is 6.61 Å². The molecule has 0 spiro atoms. The number of aryl methyl sites for hydroxylation is 4. The molecule has 1 amide bonds. The third kappa shape index (κ3) is 3.52. The van der Waals surface area contributed by atoms with Gasteiger partial charge in [0.1, 0.15) is 11.3 Å². The molecule has 1 aromatic carbocycles. The number of amides is 1. The van der Waals surface area contributed by atoms with Crippen molar-refractivity contribution in [3.8, 4) is 0 Å². The second kappa shape index (κ2) is 6.43. The van der Waals surface area contributed by atoms with Gasteiger partial charge in [0.2, 0.25) is 0 Å². The van der Waals surface area contributed by atoms with Crippen LogP contribution in [0.5, 0.6) is 0 Å². The van der Waals surface area contributed by atoms with Gasteiger partial charge >= 0.3 is 5.97 Å². The zero-order chi connectivity index (χ0) is 16.3. The van der Waals surface area contributed by atoms with E-state index in [1.807, 2.05) is 32.0 Å². The first-order valence-electron chi connectivity index (χ1n) is 6.85. The van der Waals surface area contributed by atoms with E-state index in [-0.39, 0.29) is 12.2 Å². The monoisotopic (exact) mass is 302 g/mol. The lowest BCUT2D eigenvalue weighted by molar-refractivity contribution is -0.119. The van der Waals surface area contributed by atoms with Crippen LogP contribution < -0.4 is 5.32 Å². The Balaban J connectivity index is 1.94. The lowest BCUT2D eigenvalue weighted by atomic mass is 10.1. The summed E-state index contributed by atoms with van der Waals surface area (Å²) >= 11 is 0. The number of nitrogens with zero attached hydrogens (tertiary/aromatic N) is 1. The predicted molar refractivity (Wildman–Crippen MR) is 80.8 cm³/mol. The van der Waals surface area contributed by atoms with Crippen LogP contribution in [0, 0.1) is 27.7 Å². The van der Waals surface area contributed by atoms with Gasteiger partial charge in [-0.25, -0.2) is 4.79 Å². The Morgan fingerprint density at radius 2 is 1.95 bits per heavy atom. The van der Waals surface area contributed by atoms with Crippen LogP contribution in [0.4, 0.5) is 5.69 Å². The number of carbonyl (C=O) groups excluding carboxylic acids is 2. The maximum atomic E-state index is 11.9. The standard InChI is InChI=1S/C16H18N2O4/c1-9-5-6-13(10(2)7-9)17-14(19)8-21-16(20)15-11(3)18-22-12(15)4/h5-7H,8H2,1-4H3,(H,17,19). The van der Waals surface area contributed by atoms with E-state index in [9.17, 15) is 9.59 Å². The molecule has 1 heterocycles. The average molecular weight is 302 g/mol.